The maximum atomic E-state index is 12.8. The molecular weight excluding hydrogens is 228 g/mol. The zero-order chi connectivity index (χ0) is 12.0. The molecule has 0 radical (unpaired) electrons. The fourth-order valence-electron chi connectivity index (χ4n) is 2.06. The van der Waals surface area contributed by atoms with E-state index in [2.05, 4.69) is 14.4 Å². The van der Waals surface area contributed by atoms with Gasteiger partial charge in [-0.2, -0.15) is 0 Å². The zero-order valence-corrected chi connectivity index (χ0v) is 9.24. The van der Waals surface area contributed by atoms with Crippen LogP contribution in [0.25, 0.3) is 5.57 Å². The van der Waals surface area contributed by atoms with Crippen LogP contribution in [0.15, 0.2) is 24.4 Å². The Morgan fingerprint density at radius 3 is 2.71 bits per heavy atom. The summed E-state index contributed by atoms with van der Waals surface area (Å²) in [6.07, 6.45) is -0.621. The van der Waals surface area contributed by atoms with Gasteiger partial charge in [-0.25, -0.2) is 0 Å². The molecule has 0 fully saturated rings. The largest absolute Gasteiger partial charge is 0.586 e. The lowest BCUT2D eigenvalue weighted by Crippen LogP contribution is -2.25. The molecular formula is C12H11F2NO2. The van der Waals surface area contributed by atoms with E-state index in [1.54, 1.807) is 12.1 Å². The van der Waals surface area contributed by atoms with E-state index in [0.29, 0.717) is 0 Å². The van der Waals surface area contributed by atoms with Crippen molar-refractivity contribution >= 4 is 5.57 Å². The van der Waals surface area contributed by atoms with Crippen molar-refractivity contribution in [2.75, 3.05) is 13.6 Å². The Bertz CT molecular complexity index is 499. The summed E-state index contributed by atoms with van der Waals surface area (Å²) in [4.78, 5) is 2.06. The minimum Gasteiger partial charge on any atom is -0.395 e. The molecule has 0 unspecified atom stereocenters. The number of fused-ring (bicyclic) bond motifs is 1. The van der Waals surface area contributed by atoms with Crippen LogP contribution in [0.4, 0.5) is 8.78 Å². The molecule has 0 N–H and O–H groups in total. The van der Waals surface area contributed by atoms with Crippen molar-refractivity contribution in [2.24, 2.45) is 0 Å². The smallest absolute Gasteiger partial charge is 0.395 e. The van der Waals surface area contributed by atoms with Crippen LogP contribution >= 0.6 is 0 Å². The van der Waals surface area contributed by atoms with Crippen molar-refractivity contribution in [1.82, 2.24) is 4.90 Å². The molecule has 0 saturated carbocycles. The van der Waals surface area contributed by atoms with Gasteiger partial charge in [0.15, 0.2) is 11.5 Å². The summed E-state index contributed by atoms with van der Waals surface area (Å²) < 4.78 is 34.5. The first-order chi connectivity index (χ1) is 8.03. The Labute approximate surface area is 97.2 Å². The van der Waals surface area contributed by atoms with Gasteiger partial charge in [0.25, 0.3) is 0 Å². The first kappa shape index (κ1) is 10.4. The SMILES string of the molecule is CN1C=C(c2ccc3c(c2)OC(F)(F)O3)CC1. The highest BCUT2D eigenvalue weighted by atomic mass is 19.3. The van der Waals surface area contributed by atoms with Crippen LogP contribution in [0.5, 0.6) is 11.5 Å². The number of benzene rings is 1. The number of rotatable bonds is 1. The van der Waals surface area contributed by atoms with Gasteiger partial charge in [0, 0.05) is 19.8 Å². The second-order valence-corrected chi connectivity index (χ2v) is 4.21. The van der Waals surface area contributed by atoms with Crippen molar-refractivity contribution < 1.29 is 18.3 Å². The molecule has 2 aliphatic rings. The van der Waals surface area contributed by atoms with Gasteiger partial charge in [-0.1, -0.05) is 6.07 Å². The van der Waals surface area contributed by atoms with Crippen molar-refractivity contribution in [3.63, 3.8) is 0 Å². The van der Waals surface area contributed by atoms with E-state index in [4.69, 9.17) is 0 Å². The fraction of sp³-hybridized carbons (Fsp3) is 0.333. The molecule has 90 valence electrons. The molecule has 0 amide bonds. The topological polar surface area (TPSA) is 21.7 Å². The summed E-state index contributed by atoms with van der Waals surface area (Å²) in [6.45, 7) is 0.944. The third kappa shape index (κ3) is 1.81. The van der Waals surface area contributed by atoms with Crippen molar-refractivity contribution in [2.45, 2.75) is 12.7 Å². The first-order valence-electron chi connectivity index (χ1n) is 5.35. The summed E-state index contributed by atoms with van der Waals surface area (Å²) in [6, 6.07) is 4.89. The number of hydrogen-bond acceptors (Lipinski definition) is 3. The van der Waals surface area contributed by atoms with Crippen LogP contribution in [-0.4, -0.2) is 24.8 Å². The summed E-state index contributed by atoms with van der Waals surface area (Å²) in [5.74, 6) is 0.189. The predicted octanol–water partition coefficient (Wildman–Crippen LogP) is 2.68. The van der Waals surface area contributed by atoms with Crippen LogP contribution in [0.2, 0.25) is 0 Å². The second-order valence-electron chi connectivity index (χ2n) is 4.21. The van der Waals surface area contributed by atoms with E-state index in [0.717, 1.165) is 24.1 Å². The molecule has 0 spiro atoms. The van der Waals surface area contributed by atoms with Crippen molar-refractivity contribution in [3.8, 4) is 11.5 Å². The van der Waals surface area contributed by atoms with Crippen molar-refractivity contribution in [3.05, 3.63) is 30.0 Å². The minimum atomic E-state index is -3.54. The highest BCUT2D eigenvalue weighted by Crippen LogP contribution is 2.42. The van der Waals surface area contributed by atoms with Crippen LogP contribution in [0.3, 0.4) is 0 Å². The van der Waals surface area contributed by atoms with Gasteiger partial charge in [-0.3, -0.25) is 0 Å². The van der Waals surface area contributed by atoms with Crippen LogP contribution < -0.4 is 9.47 Å². The fourth-order valence-corrected chi connectivity index (χ4v) is 2.06. The molecule has 3 rings (SSSR count). The zero-order valence-electron chi connectivity index (χ0n) is 9.24. The Morgan fingerprint density at radius 1 is 1.24 bits per heavy atom. The van der Waals surface area contributed by atoms with E-state index < -0.39 is 6.29 Å². The average Bonchev–Trinajstić information content (AvgIpc) is 2.78. The number of ether oxygens (including phenoxy) is 2. The quantitative estimate of drug-likeness (QED) is 0.752. The van der Waals surface area contributed by atoms with E-state index in [1.807, 2.05) is 13.2 Å². The standard InChI is InChI=1S/C12H11F2NO2/c1-15-5-4-9(7-15)8-2-3-10-11(6-8)17-12(13,14)16-10/h2-3,6-7H,4-5H2,1H3. The van der Waals surface area contributed by atoms with Crippen LogP contribution in [-0.2, 0) is 0 Å². The van der Waals surface area contributed by atoms with Gasteiger partial charge >= 0.3 is 6.29 Å². The van der Waals surface area contributed by atoms with Gasteiger partial charge in [-0.05, 0) is 29.7 Å². The second kappa shape index (κ2) is 3.35. The third-order valence-corrected chi connectivity index (χ3v) is 2.88. The van der Waals surface area contributed by atoms with E-state index >= 15 is 0 Å². The molecule has 0 aliphatic carbocycles. The monoisotopic (exact) mass is 239 g/mol. The van der Waals surface area contributed by atoms with E-state index in [9.17, 15) is 8.78 Å². The maximum absolute atomic E-state index is 12.8. The van der Waals surface area contributed by atoms with Gasteiger partial charge in [-0.15, -0.1) is 8.78 Å². The molecule has 17 heavy (non-hydrogen) atoms. The molecule has 2 heterocycles. The molecule has 0 saturated heterocycles. The first-order valence-corrected chi connectivity index (χ1v) is 5.35. The molecule has 3 nitrogen and oxygen atoms in total. The third-order valence-electron chi connectivity index (χ3n) is 2.88. The van der Waals surface area contributed by atoms with Gasteiger partial charge < -0.3 is 14.4 Å². The molecule has 2 aliphatic heterocycles. The van der Waals surface area contributed by atoms with Gasteiger partial charge in [0.1, 0.15) is 0 Å². The van der Waals surface area contributed by atoms with E-state index in [1.165, 1.54) is 6.07 Å². The Kier molecular flexibility index (Phi) is 2.05. The maximum Gasteiger partial charge on any atom is 0.586 e. The summed E-state index contributed by atoms with van der Waals surface area (Å²) in [5, 5.41) is 0. The highest BCUT2D eigenvalue weighted by molar-refractivity contribution is 5.69. The molecule has 0 atom stereocenters. The Hall–Kier alpha value is -1.78. The molecule has 1 aromatic rings. The number of nitrogens with zero attached hydrogens (tertiary/aromatic N) is 1. The predicted molar refractivity (Wildman–Crippen MR) is 57.9 cm³/mol. The molecule has 0 bridgehead atoms. The molecule has 5 heteroatoms. The number of alkyl halides is 2. The Balaban J connectivity index is 1.94. The molecule has 0 aromatic heterocycles. The summed E-state index contributed by atoms with van der Waals surface area (Å²) in [5.41, 5.74) is 2.02. The molecule has 1 aromatic carbocycles. The lowest BCUT2D eigenvalue weighted by molar-refractivity contribution is -0.286. The van der Waals surface area contributed by atoms with Crippen LogP contribution in [0, 0.1) is 0 Å². The summed E-state index contributed by atoms with van der Waals surface area (Å²) in [7, 11) is 1.98. The van der Waals surface area contributed by atoms with Crippen LogP contribution in [0.1, 0.15) is 12.0 Å². The highest BCUT2D eigenvalue weighted by Gasteiger charge is 2.43. The van der Waals surface area contributed by atoms with Gasteiger partial charge in [0.2, 0.25) is 0 Å². The minimum absolute atomic E-state index is 0.0886. The lowest BCUT2D eigenvalue weighted by atomic mass is 10.1. The number of hydrogen-bond donors (Lipinski definition) is 0. The van der Waals surface area contributed by atoms with Crippen molar-refractivity contribution in [1.29, 1.82) is 0 Å². The van der Waals surface area contributed by atoms with Gasteiger partial charge in [0.05, 0.1) is 0 Å². The Morgan fingerprint density at radius 2 is 2.00 bits per heavy atom. The lowest BCUT2D eigenvalue weighted by Gasteiger charge is -2.04. The normalized spacial score (nSPS) is 20.6. The number of halogens is 2. The summed E-state index contributed by atoms with van der Waals surface area (Å²) >= 11 is 0. The van der Waals surface area contributed by atoms with E-state index in [-0.39, 0.29) is 11.5 Å². The average molecular weight is 239 g/mol.